The van der Waals surface area contributed by atoms with Crippen LogP contribution in [0.2, 0.25) is 0 Å². The molecule has 326 valence electrons. The van der Waals surface area contributed by atoms with Gasteiger partial charge in [-0.05, 0) is 105 Å². The van der Waals surface area contributed by atoms with Crippen molar-refractivity contribution >= 4 is 73.1 Å². The first-order valence-electron chi connectivity index (χ1n) is 21.7. The number of carbonyl (C=O) groups is 2. The number of hydrogen-bond acceptors (Lipinski definition) is 12. The molecule has 4 aliphatic rings. The van der Waals surface area contributed by atoms with Crippen molar-refractivity contribution in [2.24, 2.45) is 5.92 Å². The molecular formula is C45H54FN11O4S. The molecule has 6 N–H and O–H groups in total. The molecular weight excluding hydrogens is 810 g/mol. The van der Waals surface area contributed by atoms with Crippen LogP contribution in [0.3, 0.4) is 0 Å². The number of benzene rings is 3. The Morgan fingerprint density at radius 1 is 0.855 bits per heavy atom. The van der Waals surface area contributed by atoms with Crippen molar-refractivity contribution in [1.29, 1.82) is 0 Å². The van der Waals surface area contributed by atoms with Gasteiger partial charge in [0.1, 0.15) is 17.3 Å². The summed E-state index contributed by atoms with van der Waals surface area (Å²) in [6, 6.07) is 21.3. The lowest BCUT2D eigenvalue weighted by molar-refractivity contribution is -0.134. The Morgan fingerprint density at radius 3 is 2.47 bits per heavy atom. The molecule has 17 heteroatoms. The SMILES string of the molecule is CS(=O)(=O)N1CCc2cccc(Nc3nc(Nc4ccc(N5CCC(NCCNCC[C@H]6CCN(c7ccc(C8CCC(=O)NC8=O)cc7)C6)CC5)c(F)c4)nc4[nH]ccc34)c21. The zero-order chi connectivity index (χ0) is 42.8. The number of fused-ring (bicyclic) bond motifs is 2. The van der Waals surface area contributed by atoms with Gasteiger partial charge in [0, 0.05) is 75.8 Å². The summed E-state index contributed by atoms with van der Waals surface area (Å²) in [6.45, 7) is 6.72. The molecule has 0 spiro atoms. The molecule has 3 fully saturated rings. The summed E-state index contributed by atoms with van der Waals surface area (Å²) in [5.41, 5.74) is 6.01. The highest BCUT2D eigenvalue weighted by atomic mass is 32.2. The zero-order valence-electron chi connectivity index (χ0n) is 34.9. The average Bonchev–Trinajstić information content (AvgIpc) is 4.04. The number of H-pyrrole nitrogens is 1. The molecule has 2 atom stereocenters. The number of anilines is 7. The van der Waals surface area contributed by atoms with Gasteiger partial charge in [-0.3, -0.25) is 19.2 Å². The first kappa shape index (κ1) is 41.6. The van der Waals surface area contributed by atoms with Crippen LogP contribution >= 0.6 is 0 Å². The van der Waals surface area contributed by atoms with Crippen molar-refractivity contribution in [3.63, 3.8) is 0 Å². The van der Waals surface area contributed by atoms with E-state index in [2.05, 4.69) is 58.5 Å². The van der Waals surface area contributed by atoms with E-state index in [9.17, 15) is 18.0 Å². The summed E-state index contributed by atoms with van der Waals surface area (Å²) >= 11 is 0. The normalized spacial score (nSPS) is 19.6. The van der Waals surface area contributed by atoms with Crippen molar-refractivity contribution in [1.82, 2.24) is 30.9 Å². The number of sulfonamides is 1. The predicted octanol–water partition coefficient (Wildman–Crippen LogP) is 5.49. The maximum atomic E-state index is 15.7. The summed E-state index contributed by atoms with van der Waals surface area (Å²) in [7, 11) is -3.46. The number of amides is 2. The largest absolute Gasteiger partial charge is 0.371 e. The molecule has 62 heavy (non-hydrogen) atoms. The van der Waals surface area contributed by atoms with Crippen molar-refractivity contribution < 1.29 is 22.4 Å². The smallest absolute Gasteiger partial charge is 0.234 e. The highest BCUT2D eigenvalue weighted by molar-refractivity contribution is 7.92. The first-order valence-corrected chi connectivity index (χ1v) is 23.6. The molecule has 0 aliphatic carbocycles. The average molecular weight is 864 g/mol. The van der Waals surface area contributed by atoms with Crippen molar-refractivity contribution in [2.75, 3.05) is 83.4 Å². The first-order chi connectivity index (χ1) is 30.1. The molecule has 0 bridgehead atoms. The van der Waals surface area contributed by atoms with Gasteiger partial charge in [0.25, 0.3) is 0 Å². The zero-order valence-corrected chi connectivity index (χ0v) is 35.7. The number of nitrogens with zero attached hydrogens (tertiary/aromatic N) is 5. The minimum Gasteiger partial charge on any atom is -0.371 e. The van der Waals surface area contributed by atoms with Crippen LogP contribution < -0.4 is 40.7 Å². The van der Waals surface area contributed by atoms with Gasteiger partial charge in [0.15, 0.2) is 0 Å². The Morgan fingerprint density at radius 2 is 1.68 bits per heavy atom. The Hall–Kier alpha value is -5.78. The van der Waals surface area contributed by atoms with E-state index in [0.29, 0.717) is 72.0 Å². The molecule has 6 heterocycles. The number of nitrogens with one attached hydrogen (secondary N) is 6. The highest BCUT2D eigenvalue weighted by Crippen LogP contribution is 2.39. The van der Waals surface area contributed by atoms with E-state index in [1.54, 1.807) is 12.3 Å². The third-order valence-electron chi connectivity index (χ3n) is 12.7. The number of para-hydroxylation sites is 1. The van der Waals surface area contributed by atoms with E-state index in [-0.39, 0.29) is 29.5 Å². The minimum atomic E-state index is -3.46. The van der Waals surface area contributed by atoms with Gasteiger partial charge in [-0.1, -0.05) is 24.3 Å². The van der Waals surface area contributed by atoms with Crippen LogP contribution in [0.4, 0.5) is 44.6 Å². The van der Waals surface area contributed by atoms with E-state index in [1.165, 1.54) is 22.3 Å². The number of aromatic nitrogens is 3. The molecule has 0 radical (unpaired) electrons. The maximum absolute atomic E-state index is 15.7. The number of imide groups is 1. The Bertz CT molecular complexity index is 2540. The fourth-order valence-electron chi connectivity index (χ4n) is 9.40. The van der Waals surface area contributed by atoms with E-state index in [4.69, 9.17) is 4.98 Å². The number of hydrogen-bond donors (Lipinski definition) is 6. The predicted molar refractivity (Wildman–Crippen MR) is 242 cm³/mol. The van der Waals surface area contributed by atoms with Gasteiger partial charge in [0.05, 0.1) is 34.6 Å². The van der Waals surface area contributed by atoms with Gasteiger partial charge >= 0.3 is 0 Å². The van der Waals surface area contributed by atoms with Gasteiger partial charge < -0.3 is 36.1 Å². The number of aromatic amines is 1. The van der Waals surface area contributed by atoms with Crippen LogP contribution in [0.15, 0.2) is 72.9 Å². The van der Waals surface area contributed by atoms with Crippen LogP contribution in [-0.2, 0) is 26.0 Å². The van der Waals surface area contributed by atoms with E-state index in [0.717, 1.165) is 88.0 Å². The second-order valence-corrected chi connectivity index (χ2v) is 18.8. The fourth-order valence-corrected chi connectivity index (χ4v) is 10.4. The molecule has 3 aromatic carbocycles. The summed E-state index contributed by atoms with van der Waals surface area (Å²) in [5.74, 6) is 0.435. The molecule has 5 aromatic rings. The van der Waals surface area contributed by atoms with E-state index >= 15 is 4.39 Å². The molecule has 2 aromatic heterocycles. The second-order valence-electron chi connectivity index (χ2n) is 16.9. The monoisotopic (exact) mass is 863 g/mol. The summed E-state index contributed by atoms with van der Waals surface area (Å²) < 4.78 is 42.2. The van der Waals surface area contributed by atoms with E-state index in [1.807, 2.05) is 42.5 Å². The molecule has 9 rings (SSSR count). The minimum absolute atomic E-state index is 0.187. The van der Waals surface area contributed by atoms with Crippen molar-refractivity contribution in [2.45, 2.75) is 56.9 Å². The lowest BCUT2D eigenvalue weighted by Gasteiger charge is -2.34. The number of carbonyl (C=O) groups excluding carboxylic acids is 2. The maximum Gasteiger partial charge on any atom is 0.234 e. The van der Waals surface area contributed by atoms with Gasteiger partial charge in [0.2, 0.25) is 27.8 Å². The third-order valence-corrected chi connectivity index (χ3v) is 13.9. The summed E-state index contributed by atoms with van der Waals surface area (Å²) in [4.78, 5) is 40.8. The highest BCUT2D eigenvalue weighted by Gasteiger charge is 2.31. The molecule has 4 aliphatic heterocycles. The van der Waals surface area contributed by atoms with Gasteiger partial charge in [-0.15, -0.1) is 0 Å². The molecule has 15 nitrogen and oxygen atoms in total. The van der Waals surface area contributed by atoms with Gasteiger partial charge in [-0.25, -0.2) is 12.8 Å². The topological polar surface area (TPSA) is 180 Å². The fraction of sp³-hybridized carbons (Fsp3) is 0.422. The van der Waals surface area contributed by atoms with Crippen LogP contribution in [-0.4, -0.2) is 99.8 Å². The number of piperidine rings is 2. The Balaban J connectivity index is 0.707. The molecule has 2 amide bonds. The van der Waals surface area contributed by atoms with E-state index < -0.39 is 10.0 Å². The third kappa shape index (κ3) is 9.20. The second kappa shape index (κ2) is 17.9. The van der Waals surface area contributed by atoms with Crippen molar-refractivity contribution in [3.05, 3.63) is 89.9 Å². The molecule has 3 saturated heterocycles. The van der Waals surface area contributed by atoms with Crippen LogP contribution in [0, 0.1) is 11.7 Å². The van der Waals surface area contributed by atoms with Gasteiger partial charge in [-0.2, -0.15) is 9.97 Å². The Labute approximate surface area is 361 Å². The molecule has 0 saturated carbocycles. The lowest BCUT2D eigenvalue weighted by Crippen LogP contribution is -2.44. The molecule has 1 unspecified atom stereocenters. The standard InChI is InChI=1S/C45H54FN11O4S/c1-62(60,61)57-26-16-31-3-2-4-38(41(31)57)51-43-36-14-20-49-42(36)53-45(54-43)50-33-7-11-39(37(46)27-33)55-24-17-32(18-25-55)48-22-21-47-19-13-29-15-23-56(28-29)34-8-5-30(6-9-34)35-10-12-40(58)52-44(35)59/h2-9,11,14,20,27,29,32,35,47-48H,10,12-13,15-19,21-26,28H2,1H3,(H,52,58,59)(H3,49,50,51,53,54)/t29-,35?/m0/s1. The summed E-state index contributed by atoms with van der Waals surface area (Å²) in [5, 5.41) is 17.0. The van der Waals surface area contributed by atoms with Crippen LogP contribution in [0.1, 0.15) is 55.6 Å². The number of rotatable bonds is 15. The van der Waals surface area contributed by atoms with Crippen molar-refractivity contribution in [3.8, 4) is 0 Å². The Kier molecular flexibility index (Phi) is 12.0. The van der Waals surface area contributed by atoms with Crippen LogP contribution in [0.5, 0.6) is 0 Å². The van der Waals surface area contributed by atoms with Crippen LogP contribution in [0.25, 0.3) is 11.0 Å². The quantitative estimate of drug-likeness (QED) is 0.0577. The number of halogens is 1. The lowest BCUT2D eigenvalue weighted by atomic mass is 9.90. The summed E-state index contributed by atoms with van der Waals surface area (Å²) in [6.07, 6.45) is 8.71.